The predicted molar refractivity (Wildman–Crippen MR) is 75.5 cm³/mol. The average Bonchev–Trinajstić information content (AvgIpc) is 2.46. The van der Waals surface area contributed by atoms with Crippen LogP contribution in [0.3, 0.4) is 0 Å². The van der Waals surface area contributed by atoms with Crippen LogP contribution in [0.5, 0.6) is 0 Å². The van der Waals surface area contributed by atoms with Gasteiger partial charge in [0.15, 0.2) is 0 Å². The van der Waals surface area contributed by atoms with Crippen molar-refractivity contribution >= 4 is 16.1 Å². The minimum atomic E-state index is -3.45. The molecule has 1 aromatic heterocycles. The number of sulfonamides is 1. The molecule has 0 aliphatic heterocycles. The lowest BCUT2D eigenvalue weighted by atomic mass is 10.2. The summed E-state index contributed by atoms with van der Waals surface area (Å²) in [6.07, 6.45) is 3.18. The molecule has 0 bridgehead atoms. The van der Waals surface area contributed by atoms with Crippen LogP contribution in [-0.2, 0) is 16.6 Å². The van der Waals surface area contributed by atoms with Gasteiger partial charge in [0.2, 0.25) is 10.0 Å². The van der Waals surface area contributed by atoms with Crippen molar-refractivity contribution in [3.63, 3.8) is 0 Å². The van der Waals surface area contributed by atoms with Crippen molar-refractivity contribution in [2.75, 3.05) is 0 Å². The van der Waals surface area contributed by atoms with Crippen LogP contribution in [0.1, 0.15) is 11.3 Å². The van der Waals surface area contributed by atoms with Crippen molar-refractivity contribution < 1.29 is 8.42 Å². The standard InChI is InChI=1S/C14H14N2O2S/c17-19(18,11-9-13-6-2-1-3-7-13)16-12-14-8-4-5-10-15-14/h1-11,16H,12H2. The fourth-order valence-corrected chi connectivity index (χ4v) is 2.24. The Kier molecular flexibility index (Phi) is 4.43. The molecule has 2 rings (SSSR count). The van der Waals surface area contributed by atoms with E-state index in [0.717, 1.165) is 11.0 Å². The van der Waals surface area contributed by atoms with E-state index in [4.69, 9.17) is 0 Å². The topological polar surface area (TPSA) is 59.1 Å². The number of hydrogen-bond acceptors (Lipinski definition) is 3. The Morgan fingerprint density at radius 2 is 1.79 bits per heavy atom. The fourth-order valence-electron chi connectivity index (χ4n) is 1.46. The summed E-state index contributed by atoms with van der Waals surface area (Å²) < 4.78 is 26.0. The van der Waals surface area contributed by atoms with E-state index >= 15 is 0 Å². The third kappa shape index (κ3) is 4.65. The van der Waals surface area contributed by atoms with Gasteiger partial charge in [-0.3, -0.25) is 4.98 Å². The van der Waals surface area contributed by atoms with E-state index in [-0.39, 0.29) is 6.54 Å². The number of nitrogens with one attached hydrogen (secondary N) is 1. The highest BCUT2D eigenvalue weighted by molar-refractivity contribution is 7.92. The molecule has 1 N–H and O–H groups in total. The van der Waals surface area contributed by atoms with E-state index in [2.05, 4.69) is 9.71 Å². The second kappa shape index (κ2) is 6.26. The first-order chi connectivity index (χ1) is 9.16. The zero-order chi connectivity index (χ0) is 13.6. The van der Waals surface area contributed by atoms with E-state index in [0.29, 0.717) is 5.69 Å². The largest absolute Gasteiger partial charge is 0.260 e. The molecule has 2 aromatic rings. The minimum absolute atomic E-state index is 0.183. The molecule has 5 heteroatoms. The lowest BCUT2D eigenvalue weighted by Crippen LogP contribution is -2.21. The zero-order valence-corrected chi connectivity index (χ0v) is 11.0. The van der Waals surface area contributed by atoms with Gasteiger partial charge in [0, 0.05) is 11.6 Å². The summed E-state index contributed by atoms with van der Waals surface area (Å²) in [4.78, 5) is 4.05. The van der Waals surface area contributed by atoms with Crippen LogP contribution in [0.4, 0.5) is 0 Å². The Balaban J connectivity index is 1.98. The molecule has 0 amide bonds. The monoisotopic (exact) mass is 274 g/mol. The molecule has 0 saturated heterocycles. The molecule has 0 atom stereocenters. The van der Waals surface area contributed by atoms with E-state index < -0.39 is 10.0 Å². The van der Waals surface area contributed by atoms with Crippen LogP contribution >= 0.6 is 0 Å². The van der Waals surface area contributed by atoms with Gasteiger partial charge in [-0.1, -0.05) is 36.4 Å². The lowest BCUT2D eigenvalue weighted by Gasteiger charge is -2.01. The summed E-state index contributed by atoms with van der Waals surface area (Å²) in [7, 11) is -3.45. The maximum absolute atomic E-state index is 11.8. The number of aromatic nitrogens is 1. The highest BCUT2D eigenvalue weighted by Gasteiger charge is 2.04. The molecule has 98 valence electrons. The third-order valence-electron chi connectivity index (χ3n) is 2.42. The van der Waals surface area contributed by atoms with Gasteiger partial charge in [-0.25, -0.2) is 13.1 Å². The van der Waals surface area contributed by atoms with E-state index in [1.54, 1.807) is 24.4 Å². The molecule has 0 aliphatic rings. The smallest absolute Gasteiger partial charge is 0.234 e. The Hall–Kier alpha value is -1.98. The van der Waals surface area contributed by atoms with Crippen molar-refractivity contribution in [1.82, 2.24) is 9.71 Å². The highest BCUT2D eigenvalue weighted by atomic mass is 32.2. The average molecular weight is 274 g/mol. The van der Waals surface area contributed by atoms with Crippen LogP contribution in [0.15, 0.2) is 60.1 Å². The zero-order valence-electron chi connectivity index (χ0n) is 10.2. The van der Waals surface area contributed by atoms with Gasteiger partial charge in [-0.15, -0.1) is 0 Å². The van der Waals surface area contributed by atoms with Gasteiger partial charge in [0.1, 0.15) is 0 Å². The van der Waals surface area contributed by atoms with Crippen molar-refractivity contribution in [2.24, 2.45) is 0 Å². The molecule has 0 spiro atoms. The number of pyridine rings is 1. The van der Waals surface area contributed by atoms with Crippen LogP contribution in [0.25, 0.3) is 6.08 Å². The first-order valence-corrected chi connectivity index (χ1v) is 7.33. The van der Waals surface area contributed by atoms with Crippen molar-refractivity contribution in [2.45, 2.75) is 6.54 Å². The number of hydrogen-bond donors (Lipinski definition) is 1. The maximum Gasteiger partial charge on any atom is 0.234 e. The summed E-state index contributed by atoms with van der Waals surface area (Å²) >= 11 is 0. The van der Waals surface area contributed by atoms with Gasteiger partial charge < -0.3 is 0 Å². The van der Waals surface area contributed by atoms with E-state index in [1.165, 1.54) is 0 Å². The van der Waals surface area contributed by atoms with Crippen molar-refractivity contribution in [3.8, 4) is 0 Å². The molecular formula is C14H14N2O2S. The lowest BCUT2D eigenvalue weighted by molar-refractivity contribution is 0.590. The molecule has 19 heavy (non-hydrogen) atoms. The van der Waals surface area contributed by atoms with Crippen LogP contribution in [0.2, 0.25) is 0 Å². The molecule has 1 heterocycles. The quantitative estimate of drug-likeness (QED) is 0.909. The Labute approximate surface area is 112 Å². The van der Waals surface area contributed by atoms with E-state index in [9.17, 15) is 8.42 Å². The maximum atomic E-state index is 11.8. The van der Waals surface area contributed by atoms with Gasteiger partial charge >= 0.3 is 0 Å². The molecule has 0 unspecified atom stereocenters. The first-order valence-electron chi connectivity index (χ1n) is 5.78. The molecule has 4 nitrogen and oxygen atoms in total. The van der Waals surface area contributed by atoms with Crippen molar-refractivity contribution in [3.05, 3.63) is 71.4 Å². The van der Waals surface area contributed by atoms with Gasteiger partial charge in [0.25, 0.3) is 0 Å². The van der Waals surface area contributed by atoms with Crippen LogP contribution in [-0.4, -0.2) is 13.4 Å². The first kappa shape index (κ1) is 13.5. The second-order valence-corrected chi connectivity index (χ2v) is 5.55. The molecular weight excluding hydrogens is 260 g/mol. The summed E-state index contributed by atoms with van der Waals surface area (Å²) in [6, 6.07) is 14.6. The number of rotatable bonds is 5. The Morgan fingerprint density at radius 3 is 2.47 bits per heavy atom. The van der Waals surface area contributed by atoms with Gasteiger partial charge in [-0.05, 0) is 23.8 Å². The molecule has 0 saturated carbocycles. The molecule has 0 aliphatic carbocycles. The fraction of sp³-hybridized carbons (Fsp3) is 0.0714. The predicted octanol–water partition coefficient (Wildman–Crippen LogP) is 2.17. The SMILES string of the molecule is O=S(=O)(C=Cc1ccccc1)NCc1ccccn1. The molecule has 1 aromatic carbocycles. The van der Waals surface area contributed by atoms with Crippen LogP contribution in [0, 0.1) is 0 Å². The van der Waals surface area contributed by atoms with Crippen LogP contribution < -0.4 is 4.72 Å². The summed E-state index contributed by atoms with van der Waals surface area (Å²) in [5.74, 6) is 0. The third-order valence-corrected chi connectivity index (χ3v) is 3.46. The summed E-state index contributed by atoms with van der Waals surface area (Å²) in [5.41, 5.74) is 1.52. The summed E-state index contributed by atoms with van der Waals surface area (Å²) in [5, 5.41) is 1.16. The second-order valence-electron chi connectivity index (χ2n) is 3.90. The Bertz CT molecular complexity index is 638. The van der Waals surface area contributed by atoms with Gasteiger partial charge in [-0.2, -0.15) is 0 Å². The normalized spacial score (nSPS) is 11.8. The number of nitrogens with zero attached hydrogens (tertiary/aromatic N) is 1. The minimum Gasteiger partial charge on any atom is -0.260 e. The number of benzene rings is 1. The summed E-state index contributed by atoms with van der Waals surface area (Å²) in [6.45, 7) is 0.183. The highest BCUT2D eigenvalue weighted by Crippen LogP contribution is 2.03. The van der Waals surface area contributed by atoms with E-state index in [1.807, 2.05) is 36.4 Å². The van der Waals surface area contributed by atoms with Gasteiger partial charge in [0.05, 0.1) is 12.2 Å². The molecule has 0 radical (unpaired) electrons. The Morgan fingerprint density at radius 1 is 1.05 bits per heavy atom. The van der Waals surface area contributed by atoms with Crippen molar-refractivity contribution in [1.29, 1.82) is 0 Å². The molecule has 0 fully saturated rings.